The number of likely N-dealkylation sites (tertiary alicyclic amines) is 1. The zero-order chi connectivity index (χ0) is 19.1. The molecule has 0 spiro atoms. The average Bonchev–Trinajstić information content (AvgIpc) is 3.20. The Balaban J connectivity index is 1.95. The lowest BCUT2D eigenvalue weighted by molar-refractivity contribution is -0.147. The molecule has 3 rings (SSSR count). The standard InChI is InChI=1S/C19H22FN3O3/c1-12(2)16-15(10-21-23(16)14-6-4-13(20)5-7-14)17(24)22-9-8-19(3,11-22)18(25)26/h4-7,10,12H,8-9,11H2,1-3H3,(H,25,26). The van der Waals surface area contributed by atoms with Gasteiger partial charge in [0.05, 0.1) is 28.6 Å². The second-order valence-corrected chi connectivity index (χ2v) is 7.33. The van der Waals surface area contributed by atoms with Crippen molar-refractivity contribution in [2.75, 3.05) is 13.1 Å². The molecule has 6 nitrogen and oxygen atoms in total. The highest BCUT2D eigenvalue weighted by molar-refractivity contribution is 5.96. The van der Waals surface area contributed by atoms with Gasteiger partial charge in [-0.2, -0.15) is 5.10 Å². The summed E-state index contributed by atoms with van der Waals surface area (Å²) in [7, 11) is 0. The van der Waals surface area contributed by atoms with Crippen LogP contribution in [0.4, 0.5) is 4.39 Å². The summed E-state index contributed by atoms with van der Waals surface area (Å²) in [6.07, 6.45) is 1.94. The third-order valence-corrected chi connectivity index (χ3v) is 4.93. The molecule has 7 heteroatoms. The van der Waals surface area contributed by atoms with Crippen LogP contribution in [-0.4, -0.2) is 44.8 Å². The Morgan fingerprint density at radius 1 is 1.27 bits per heavy atom. The number of carbonyl (C=O) groups is 2. The lowest BCUT2D eigenvalue weighted by Gasteiger charge is -2.21. The van der Waals surface area contributed by atoms with Gasteiger partial charge in [0, 0.05) is 13.1 Å². The van der Waals surface area contributed by atoms with Crippen LogP contribution >= 0.6 is 0 Å². The summed E-state index contributed by atoms with van der Waals surface area (Å²) >= 11 is 0. The molecule has 1 atom stereocenters. The molecule has 1 aliphatic heterocycles. The Kier molecular flexibility index (Phi) is 4.56. The van der Waals surface area contributed by atoms with Crippen molar-refractivity contribution in [3.63, 3.8) is 0 Å². The SMILES string of the molecule is CC(C)c1c(C(=O)N2CCC(C)(C(=O)O)C2)cnn1-c1ccc(F)cc1. The van der Waals surface area contributed by atoms with Crippen LogP contribution in [0.3, 0.4) is 0 Å². The Hall–Kier alpha value is -2.70. The Morgan fingerprint density at radius 3 is 2.46 bits per heavy atom. The summed E-state index contributed by atoms with van der Waals surface area (Å²) < 4.78 is 14.8. The molecule has 1 unspecified atom stereocenters. The van der Waals surface area contributed by atoms with Crippen molar-refractivity contribution in [1.29, 1.82) is 0 Å². The smallest absolute Gasteiger partial charge is 0.311 e. The summed E-state index contributed by atoms with van der Waals surface area (Å²) in [6, 6.07) is 5.92. The molecular weight excluding hydrogens is 337 g/mol. The fourth-order valence-electron chi connectivity index (χ4n) is 3.35. The molecule has 1 aromatic heterocycles. The molecule has 2 heterocycles. The number of carboxylic acids is 1. The van der Waals surface area contributed by atoms with E-state index in [0.717, 1.165) is 5.69 Å². The Morgan fingerprint density at radius 2 is 1.92 bits per heavy atom. The maximum atomic E-state index is 13.2. The minimum absolute atomic E-state index is 0.00923. The number of amides is 1. The fraction of sp³-hybridized carbons (Fsp3) is 0.421. The molecule has 1 fully saturated rings. The molecule has 1 N–H and O–H groups in total. The van der Waals surface area contributed by atoms with E-state index in [0.29, 0.717) is 24.2 Å². The van der Waals surface area contributed by atoms with Crippen molar-refractivity contribution in [3.8, 4) is 5.69 Å². The minimum atomic E-state index is -0.916. The molecular formula is C19H22FN3O3. The van der Waals surface area contributed by atoms with Gasteiger partial charge in [0.25, 0.3) is 5.91 Å². The number of halogens is 1. The van der Waals surface area contributed by atoms with Crippen LogP contribution in [0.1, 0.15) is 49.2 Å². The normalized spacial score (nSPS) is 20.0. The van der Waals surface area contributed by atoms with E-state index >= 15 is 0 Å². The average molecular weight is 359 g/mol. The van der Waals surface area contributed by atoms with Gasteiger partial charge < -0.3 is 10.0 Å². The number of carbonyl (C=O) groups excluding carboxylic acids is 1. The zero-order valence-corrected chi connectivity index (χ0v) is 15.1. The van der Waals surface area contributed by atoms with E-state index in [9.17, 15) is 19.1 Å². The first kappa shape index (κ1) is 18.1. The van der Waals surface area contributed by atoms with Crippen LogP contribution in [-0.2, 0) is 4.79 Å². The van der Waals surface area contributed by atoms with E-state index in [1.807, 2.05) is 13.8 Å². The van der Waals surface area contributed by atoms with Gasteiger partial charge in [0.2, 0.25) is 0 Å². The quantitative estimate of drug-likeness (QED) is 0.910. The molecule has 1 aromatic carbocycles. The maximum Gasteiger partial charge on any atom is 0.311 e. The molecule has 1 amide bonds. The summed E-state index contributed by atoms with van der Waals surface area (Å²) in [4.78, 5) is 26.0. The van der Waals surface area contributed by atoms with Gasteiger partial charge >= 0.3 is 5.97 Å². The first-order chi connectivity index (χ1) is 12.2. The molecule has 26 heavy (non-hydrogen) atoms. The topological polar surface area (TPSA) is 75.4 Å². The fourth-order valence-corrected chi connectivity index (χ4v) is 3.35. The summed E-state index contributed by atoms with van der Waals surface area (Å²) in [5.41, 5.74) is 0.941. The molecule has 0 radical (unpaired) electrons. The van der Waals surface area contributed by atoms with Crippen molar-refractivity contribution in [3.05, 3.63) is 47.5 Å². The lowest BCUT2D eigenvalue weighted by Crippen LogP contribution is -2.35. The van der Waals surface area contributed by atoms with Crippen molar-refractivity contribution in [2.24, 2.45) is 5.41 Å². The molecule has 2 aromatic rings. The number of hydrogen-bond acceptors (Lipinski definition) is 3. The van der Waals surface area contributed by atoms with Gasteiger partial charge in [0.15, 0.2) is 0 Å². The number of hydrogen-bond donors (Lipinski definition) is 1. The van der Waals surface area contributed by atoms with Gasteiger partial charge in [-0.1, -0.05) is 13.8 Å². The van der Waals surface area contributed by atoms with E-state index in [4.69, 9.17) is 0 Å². The van der Waals surface area contributed by atoms with Crippen LogP contribution in [0.25, 0.3) is 5.69 Å². The van der Waals surface area contributed by atoms with Crippen molar-refractivity contribution in [2.45, 2.75) is 33.1 Å². The number of aromatic nitrogens is 2. The van der Waals surface area contributed by atoms with E-state index in [-0.39, 0.29) is 24.2 Å². The van der Waals surface area contributed by atoms with Crippen LogP contribution in [0, 0.1) is 11.2 Å². The van der Waals surface area contributed by atoms with Gasteiger partial charge in [-0.05, 0) is 43.5 Å². The van der Waals surface area contributed by atoms with Crippen LogP contribution in [0.15, 0.2) is 30.5 Å². The van der Waals surface area contributed by atoms with E-state index in [2.05, 4.69) is 5.10 Å². The minimum Gasteiger partial charge on any atom is -0.481 e. The molecule has 0 aliphatic carbocycles. The predicted molar refractivity (Wildman–Crippen MR) is 93.9 cm³/mol. The summed E-state index contributed by atoms with van der Waals surface area (Å²) in [6.45, 7) is 6.16. The number of benzene rings is 1. The van der Waals surface area contributed by atoms with Crippen molar-refractivity contribution >= 4 is 11.9 Å². The largest absolute Gasteiger partial charge is 0.481 e. The van der Waals surface area contributed by atoms with Gasteiger partial charge in [-0.3, -0.25) is 9.59 Å². The highest BCUT2D eigenvalue weighted by Gasteiger charge is 2.43. The monoisotopic (exact) mass is 359 g/mol. The van der Waals surface area contributed by atoms with Crippen LogP contribution in [0.2, 0.25) is 0 Å². The third-order valence-electron chi connectivity index (χ3n) is 4.93. The Bertz CT molecular complexity index is 844. The lowest BCUT2D eigenvalue weighted by atomic mass is 9.90. The summed E-state index contributed by atoms with van der Waals surface area (Å²) in [5, 5.41) is 13.7. The van der Waals surface area contributed by atoms with Gasteiger partial charge in [0.1, 0.15) is 5.82 Å². The van der Waals surface area contributed by atoms with E-state index in [1.165, 1.54) is 18.3 Å². The zero-order valence-electron chi connectivity index (χ0n) is 15.1. The number of rotatable bonds is 4. The number of nitrogens with zero attached hydrogens (tertiary/aromatic N) is 3. The number of aliphatic carboxylic acids is 1. The number of carboxylic acid groups (broad SMARTS) is 1. The van der Waals surface area contributed by atoms with Crippen LogP contribution in [0.5, 0.6) is 0 Å². The second-order valence-electron chi connectivity index (χ2n) is 7.33. The van der Waals surface area contributed by atoms with E-state index < -0.39 is 11.4 Å². The van der Waals surface area contributed by atoms with Gasteiger partial charge in [-0.25, -0.2) is 9.07 Å². The molecule has 138 valence electrons. The molecule has 1 aliphatic rings. The molecule has 1 saturated heterocycles. The maximum absolute atomic E-state index is 13.2. The molecule has 0 bridgehead atoms. The second kappa shape index (κ2) is 6.55. The first-order valence-electron chi connectivity index (χ1n) is 8.59. The third kappa shape index (κ3) is 3.09. The predicted octanol–water partition coefficient (Wildman–Crippen LogP) is 3.07. The summed E-state index contributed by atoms with van der Waals surface area (Å²) in [5.74, 6) is -1.44. The highest BCUT2D eigenvalue weighted by atomic mass is 19.1. The van der Waals surface area contributed by atoms with Crippen LogP contribution < -0.4 is 0 Å². The van der Waals surface area contributed by atoms with Crippen molar-refractivity contribution < 1.29 is 19.1 Å². The van der Waals surface area contributed by atoms with E-state index in [1.54, 1.807) is 28.6 Å². The Labute approximate surface area is 151 Å². The first-order valence-corrected chi connectivity index (χ1v) is 8.59. The van der Waals surface area contributed by atoms with Gasteiger partial charge in [-0.15, -0.1) is 0 Å². The van der Waals surface area contributed by atoms with Crippen molar-refractivity contribution in [1.82, 2.24) is 14.7 Å². The molecule has 0 saturated carbocycles. The highest BCUT2D eigenvalue weighted by Crippen LogP contribution is 2.32.